The molecule has 1 heterocycles. The van der Waals surface area contributed by atoms with Gasteiger partial charge in [0, 0.05) is 42.0 Å². The highest BCUT2D eigenvalue weighted by molar-refractivity contribution is 6.04. The zero-order valence-electron chi connectivity index (χ0n) is 15.4. The summed E-state index contributed by atoms with van der Waals surface area (Å²) in [6.07, 6.45) is 0.870. The van der Waals surface area contributed by atoms with Crippen LogP contribution in [0.15, 0.2) is 48.5 Å². The highest BCUT2D eigenvalue weighted by Gasteiger charge is 2.27. The first-order valence-corrected chi connectivity index (χ1v) is 9.03. The van der Waals surface area contributed by atoms with Crippen LogP contribution >= 0.6 is 0 Å². The van der Waals surface area contributed by atoms with Crippen molar-refractivity contribution in [3.8, 4) is 0 Å². The van der Waals surface area contributed by atoms with E-state index < -0.39 is 22.7 Å². The smallest absolute Gasteiger partial charge is 0.306 e. The number of carboxylic acid groups (broad SMARTS) is 1. The number of carboxylic acids is 1. The highest BCUT2D eigenvalue weighted by Crippen LogP contribution is 2.20. The molecule has 0 radical (unpaired) electrons. The van der Waals surface area contributed by atoms with Crippen molar-refractivity contribution in [3.63, 3.8) is 0 Å². The maximum atomic E-state index is 12.6. The number of amides is 2. The first kappa shape index (κ1) is 20.0. The molecule has 2 aromatic carbocycles. The number of nitro groups is 1. The molecule has 9 nitrogen and oxygen atoms in total. The lowest BCUT2D eigenvalue weighted by Gasteiger charge is -2.30. The van der Waals surface area contributed by atoms with Gasteiger partial charge in [-0.25, -0.2) is 0 Å². The van der Waals surface area contributed by atoms with Crippen LogP contribution < -0.4 is 5.32 Å². The number of likely N-dealkylation sites (tertiary alicyclic amines) is 1. The Hall–Kier alpha value is -3.75. The van der Waals surface area contributed by atoms with Gasteiger partial charge in [0.25, 0.3) is 17.5 Å². The molecule has 1 fully saturated rings. The molecule has 2 N–H and O–H groups in total. The maximum absolute atomic E-state index is 12.6. The van der Waals surface area contributed by atoms with Crippen LogP contribution in [0.4, 0.5) is 11.4 Å². The predicted molar refractivity (Wildman–Crippen MR) is 104 cm³/mol. The molecule has 2 aromatic rings. The summed E-state index contributed by atoms with van der Waals surface area (Å²) in [5.41, 5.74) is 1.11. The number of non-ortho nitro benzene ring substituents is 1. The van der Waals surface area contributed by atoms with Crippen LogP contribution in [0.1, 0.15) is 33.6 Å². The van der Waals surface area contributed by atoms with Crippen molar-refractivity contribution in [2.75, 3.05) is 18.4 Å². The minimum absolute atomic E-state index is 0.100. The van der Waals surface area contributed by atoms with Gasteiger partial charge < -0.3 is 15.3 Å². The monoisotopic (exact) mass is 397 g/mol. The molecule has 0 saturated carbocycles. The standard InChI is InChI=1S/C20H19N3O6/c24-18(13-3-7-17(8-4-13)23(28)29)21-16-5-1-14(2-6-16)19(25)22-11-9-15(10-12-22)20(26)27/h1-8,15H,9-12H2,(H,21,24)(H,26,27). The van der Waals surface area contributed by atoms with E-state index in [1.165, 1.54) is 24.3 Å². The molecular weight excluding hydrogens is 378 g/mol. The number of nitrogens with zero attached hydrogens (tertiary/aromatic N) is 2. The van der Waals surface area contributed by atoms with Crippen LogP contribution in [0.2, 0.25) is 0 Å². The molecule has 0 atom stereocenters. The van der Waals surface area contributed by atoms with Crippen molar-refractivity contribution in [2.24, 2.45) is 5.92 Å². The van der Waals surface area contributed by atoms with Crippen molar-refractivity contribution < 1.29 is 24.4 Å². The van der Waals surface area contributed by atoms with E-state index >= 15 is 0 Å². The summed E-state index contributed by atoms with van der Waals surface area (Å²) in [4.78, 5) is 47.6. The first-order chi connectivity index (χ1) is 13.8. The highest BCUT2D eigenvalue weighted by atomic mass is 16.6. The molecule has 9 heteroatoms. The van der Waals surface area contributed by atoms with E-state index in [9.17, 15) is 24.5 Å². The van der Waals surface area contributed by atoms with Crippen molar-refractivity contribution >= 4 is 29.2 Å². The molecule has 0 spiro atoms. The van der Waals surface area contributed by atoms with Gasteiger partial charge >= 0.3 is 5.97 Å². The van der Waals surface area contributed by atoms with E-state index in [4.69, 9.17) is 5.11 Å². The number of nitro benzene ring substituents is 1. The van der Waals surface area contributed by atoms with Crippen LogP contribution in [0.25, 0.3) is 0 Å². The van der Waals surface area contributed by atoms with Crippen LogP contribution in [0, 0.1) is 16.0 Å². The van der Waals surface area contributed by atoms with Gasteiger partial charge in [-0.3, -0.25) is 24.5 Å². The molecule has 0 unspecified atom stereocenters. The second-order valence-electron chi connectivity index (χ2n) is 6.74. The molecule has 150 valence electrons. The molecule has 0 bridgehead atoms. The number of carbonyl (C=O) groups is 3. The summed E-state index contributed by atoms with van der Waals surface area (Å²) in [6.45, 7) is 0.795. The van der Waals surface area contributed by atoms with Crippen LogP contribution in [-0.2, 0) is 4.79 Å². The number of hydrogen-bond donors (Lipinski definition) is 2. The van der Waals surface area contributed by atoms with Gasteiger partial charge in [-0.05, 0) is 49.2 Å². The zero-order valence-corrected chi connectivity index (χ0v) is 15.4. The summed E-state index contributed by atoms with van der Waals surface area (Å²) in [6, 6.07) is 11.6. The number of aliphatic carboxylic acids is 1. The Balaban J connectivity index is 1.59. The lowest BCUT2D eigenvalue weighted by atomic mass is 9.96. The predicted octanol–water partition coefficient (Wildman–Crippen LogP) is 2.78. The number of benzene rings is 2. The SMILES string of the molecule is O=C(Nc1ccc(C(=O)N2CCC(C(=O)O)CC2)cc1)c1ccc([N+](=O)[O-])cc1. The third-order valence-corrected chi connectivity index (χ3v) is 4.86. The van der Waals surface area contributed by atoms with E-state index in [-0.39, 0.29) is 17.2 Å². The van der Waals surface area contributed by atoms with E-state index in [1.807, 2.05) is 0 Å². The minimum Gasteiger partial charge on any atom is -0.481 e. The third-order valence-electron chi connectivity index (χ3n) is 4.86. The summed E-state index contributed by atoms with van der Waals surface area (Å²) in [5.74, 6) is -1.84. The quantitative estimate of drug-likeness (QED) is 0.589. The summed E-state index contributed by atoms with van der Waals surface area (Å²) >= 11 is 0. The molecule has 0 aromatic heterocycles. The first-order valence-electron chi connectivity index (χ1n) is 9.03. The normalized spacial score (nSPS) is 14.3. The number of nitrogens with one attached hydrogen (secondary N) is 1. The van der Waals surface area contributed by atoms with Gasteiger partial charge in [-0.2, -0.15) is 0 Å². The largest absolute Gasteiger partial charge is 0.481 e. The third kappa shape index (κ3) is 4.75. The van der Waals surface area contributed by atoms with E-state index in [0.717, 1.165) is 0 Å². The lowest BCUT2D eigenvalue weighted by molar-refractivity contribution is -0.384. The maximum Gasteiger partial charge on any atom is 0.306 e. The second-order valence-corrected chi connectivity index (χ2v) is 6.74. The Morgan fingerprint density at radius 1 is 0.966 bits per heavy atom. The van der Waals surface area contributed by atoms with Crippen molar-refractivity contribution in [1.82, 2.24) is 4.90 Å². The number of rotatable bonds is 5. The molecule has 1 aliphatic heterocycles. The van der Waals surface area contributed by atoms with Gasteiger partial charge in [0.1, 0.15) is 0 Å². The molecular formula is C20H19N3O6. The topological polar surface area (TPSA) is 130 Å². The van der Waals surface area contributed by atoms with Crippen LogP contribution in [-0.4, -0.2) is 45.8 Å². The van der Waals surface area contributed by atoms with Crippen molar-refractivity contribution in [3.05, 3.63) is 69.8 Å². The molecule has 2 amide bonds. The Bertz CT molecular complexity index is 932. The summed E-state index contributed by atoms with van der Waals surface area (Å²) in [7, 11) is 0. The van der Waals surface area contributed by atoms with Crippen molar-refractivity contribution in [1.29, 1.82) is 0 Å². The van der Waals surface area contributed by atoms with E-state index in [1.54, 1.807) is 29.2 Å². The van der Waals surface area contributed by atoms with Gasteiger partial charge in [0.05, 0.1) is 10.8 Å². The Morgan fingerprint density at radius 3 is 2.03 bits per heavy atom. The number of anilines is 1. The van der Waals surface area contributed by atoms with E-state index in [0.29, 0.717) is 37.2 Å². The van der Waals surface area contributed by atoms with Gasteiger partial charge in [0.15, 0.2) is 0 Å². The fourth-order valence-corrected chi connectivity index (χ4v) is 3.15. The average molecular weight is 397 g/mol. The molecule has 1 saturated heterocycles. The molecule has 3 rings (SSSR count). The van der Waals surface area contributed by atoms with Gasteiger partial charge in [-0.15, -0.1) is 0 Å². The summed E-state index contributed by atoms with van der Waals surface area (Å²) < 4.78 is 0. The average Bonchev–Trinajstić information content (AvgIpc) is 2.74. The minimum atomic E-state index is -0.829. The Kier molecular flexibility index (Phi) is 5.87. The van der Waals surface area contributed by atoms with Gasteiger partial charge in [-0.1, -0.05) is 0 Å². The Morgan fingerprint density at radius 2 is 1.52 bits per heavy atom. The fourth-order valence-electron chi connectivity index (χ4n) is 3.15. The zero-order chi connectivity index (χ0) is 21.0. The van der Waals surface area contributed by atoms with Crippen LogP contribution in [0.5, 0.6) is 0 Å². The van der Waals surface area contributed by atoms with Crippen LogP contribution in [0.3, 0.4) is 0 Å². The van der Waals surface area contributed by atoms with E-state index in [2.05, 4.69) is 5.32 Å². The van der Waals surface area contributed by atoms with Gasteiger partial charge in [0.2, 0.25) is 0 Å². The lowest BCUT2D eigenvalue weighted by Crippen LogP contribution is -2.40. The number of hydrogen-bond acceptors (Lipinski definition) is 5. The number of carbonyl (C=O) groups excluding carboxylic acids is 2. The molecule has 29 heavy (non-hydrogen) atoms. The summed E-state index contributed by atoms with van der Waals surface area (Å²) in [5, 5.41) is 22.4. The molecule has 1 aliphatic rings. The molecule has 0 aliphatic carbocycles. The fraction of sp³-hybridized carbons (Fsp3) is 0.250. The number of piperidine rings is 1. The Labute approximate surface area is 166 Å². The second kappa shape index (κ2) is 8.51. The van der Waals surface area contributed by atoms with Crippen molar-refractivity contribution in [2.45, 2.75) is 12.8 Å².